The minimum Gasteiger partial charge on any atom is -0.496 e. The summed E-state index contributed by atoms with van der Waals surface area (Å²) in [7, 11) is 3.12. The average Bonchev–Trinajstić information content (AvgIpc) is 3.31. The van der Waals surface area contributed by atoms with Crippen molar-refractivity contribution in [1.82, 2.24) is 4.57 Å². The van der Waals surface area contributed by atoms with Gasteiger partial charge in [-0.05, 0) is 88.9 Å². The Balaban J connectivity index is 1.54. The summed E-state index contributed by atoms with van der Waals surface area (Å²) in [5.41, 5.74) is 2.76. The molecule has 0 aliphatic carbocycles. The van der Waals surface area contributed by atoms with Crippen LogP contribution < -0.4 is 29.1 Å². The molecule has 0 saturated carbocycles. The fourth-order valence-electron chi connectivity index (χ4n) is 4.79. The molecule has 0 radical (unpaired) electrons. The molecule has 3 aromatic carbocycles. The molecule has 4 aromatic rings. The van der Waals surface area contributed by atoms with E-state index in [1.807, 2.05) is 24.3 Å². The summed E-state index contributed by atoms with van der Waals surface area (Å²) in [5.74, 6) is 1.11. The molecule has 0 spiro atoms. The molecule has 1 aromatic heterocycles. The first-order valence-electron chi connectivity index (χ1n) is 13.4. The third-order valence-electron chi connectivity index (χ3n) is 6.87. The first-order chi connectivity index (χ1) is 21.1. The van der Waals surface area contributed by atoms with Gasteiger partial charge >= 0.3 is 5.97 Å². The number of aromatic nitrogens is 1. The second-order valence-electron chi connectivity index (χ2n) is 9.64. The van der Waals surface area contributed by atoms with Gasteiger partial charge in [0.1, 0.15) is 12.4 Å². The molecule has 0 N–H and O–H groups in total. The lowest BCUT2D eigenvalue weighted by Gasteiger charge is -2.25. The number of carbonyl (C=O) groups excluding carboxylic acids is 1. The third kappa shape index (κ3) is 6.44. The Labute approximate surface area is 275 Å². The Morgan fingerprint density at radius 3 is 2.45 bits per heavy atom. The summed E-state index contributed by atoms with van der Waals surface area (Å²) < 4.78 is 25.0. The van der Waals surface area contributed by atoms with Crippen molar-refractivity contribution in [2.75, 3.05) is 20.8 Å². The Hall–Kier alpha value is -3.57. The van der Waals surface area contributed by atoms with Gasteiger partial charge in [-0.3, -0.25) is 9.36 Å². The normalized spacial score (nSPS) is 14.6. The van der Waals surface area contributed by atoms with E-state index >= 15 is 0 Å². The van der Waals surface area contributed by atoms with Gasteiger partial charge < -0.3 is 18.9 Å². The van der Waals surface area contributed by atoms with Crippen molar-refractivity contribution in [2.45, 2.75) is 26.5 Å². The highest BCUT2D eigenvalue weighted by molar-refractivity contribution is 9.10. The second-order valence-corrected chi connectivity index (χ2v) is 12.3. The fourth-order valence-corrected chi connectivity index (χ4v) is 6.72. The quantitative estimate of drug-likeness (QED) is 0.185. The molecular weight excluding hydrogens is 691 g/mol. The Kier molecular flexibility index (Phi) is 9.84. The number of ether oxygens (including phenoxy) is 4. The topological polar surface area (TPSA) is 88.4 Å². The van der Waals surface area contributed by atoms with Crippen LogP contribution in [0, 0.1) is 0 Å². The Morgan fingerprint density at radius 1 is 1.02 bits per heavy atom. The van der Waals surface area contributed by atoms with E-state index in [4.69, 9.17) is 42.1 Å². The van der Waals surface area contributed by atoms with Crippen molar-refractivity contribution in [3.63, 3.8) is 0 Å². The minimum atomic E-state index is -0.749. The molecule has 0 bridgehead atoms. The molecule has 1 aliphatic rings. The van der Waals surface area contributed by atoms with Crippen molar-refractivity contribution in [3.8, 4) is 17.2 Å². The zero-order valence-electron chi connectivity index (χ0n) is 24.2. The van der Waals surface area contributed by atoms with E-state index < -0.39 is 12.0 Å². The predicted molar refractivity (Wildman–Crippen MR) is 175 cm³/mol. The number of methoxy groups -OCH3 is 2. The molecule has 228 valence electrons. The van der Waals surface area contributed by atoms with Crippen LogP contribution in [0.15, 0.2) is 80.1 Å². The number of benzene rings is 3. The summed E-state index contributed by atoms with van der Waals surface area (Å²) in [6, 6.07) is 15.4. The number of nitrogens with zero attached hydrogens (tertiary/aromatic N) is 2. The van der Waals surface area contributed by atoms with Gasteiger partial charge in [-0.15, -0.1) is 0 Å². The Bertz CT molecular complexity index is 1970. The van der Waals surface area contributed by atoms with Gasteiger partial charge in [0.05, 0.1) is 57.2 Å². The van der Waals surface area contributed by atoms with Gasteiger partial charge in [0, 0.05) is 0 Å². The zero-order chi connectivity index (χ0) is 31.5. The summed E-state index contributed by atoms with van der Waals surface area (Å²) in [4.78, 5) is 32.2. The lowest BCUT2D eigenvalue weighted by Crippen LogP contribution is -2.39. The number of allylic oxidation sites excluding steroid dienone is 1. The molecular formula is C32H27BrCl2N2O6S. The highest BCUT2D eigenvalue weighted by atomic mass is 79.9. The SMILES string of the molecule is CCOC(=O)C1=C(C)N=c2s/c(=C/c3ccc(OCc4ccc(Cl)c(Cl)c4)c(OC)c3)c(=O)n2[C@H]1c1ccc(OC)c(Br)c1. The van der Waals surface area contributed by atoms with Crippen LogP contribution in [-0.4, -0.2) is 31.4 Å². The largest absolute Gasteiger partial charge is 0.496 e. The van der Waals surface area contributed by atoms with Crippen molar-refractivity contribution in [2.24, 2.45) is 4.99 Å². The molecule has 12 heteroatoms. The number of halogens is 3. The highest BCUT2D eigenvalue weighted by Crippen LogP contribution is 2.35. The van der Waals surface area contributed by atoms with E-state index in [1.54, 1.807) is 64.5 Å². The minimum absolute atomic E-state index is 0.189. The van der Waals surface area contributed by atoms with Crippen LogP contribution in [0.5, 0.6) is 17.2 Å². The number of hydrogen-bond donors (Lipinski definition) is 0. The van der Waals surface area contributed by atoms with Gasteiger partial charge in [0.15, 0.2) is 16.3 Å². The number of esters is 1. The molecule has 2 heterocycles. The van der Waals surface area contributed by atoms with Crippen molar-refractivity contribution in [1.29, 1.82) is 0 Å². The molecule has 1 atom stereocenters. The van der Waals surface area contributed by atoms with E-state index in [0.717, 1.165) is 11.1 Å². The van der Waals surface area contributed by atoms with Crippen LogP contribution >= 0.6 is 50.5 Å². The Morgan fingerprint density at radius 2 is 1.77 bits per heavy atom. The van der Waals surface area contributed by atoms with Crippen LogP contribution in [0.3, 0.4) is 0 Å². The highest BCUT2D eigenvalue weighted by Gasteiger charge is 2.33. The van der Waals surface area contributed by atoms with E-state index in [-0.39, 0.29) is 18.8 Å². The van der Waals surface area contributed by atoms with Gasteiger partial charge in [-0.25, -0.2) is 9.79 Å². The van der Waals surface area contributed by atoms with Gasteiger partial charge in [-0.1, -0.05) is 52.7 Å². The van der Waals surface area contributed by atoms with E-state index in [0.29, 0.717) is 57.9 Å². The number of fused-ring (bicyclic) bond motifs is 1. The van der Waals surface area contributed by atoms with Gasteiger partial charge in [0.25, 0.3) is 5.56 Å². The summed E-state index contributed by atoms with van der Waals surface area (Å²) >= 11 is 16.9. The average molecular weight is 718 g/mol. The number of carbonyl (C=O) groups is 1. The summed E-state index contributed by atoms with van der Waals surface area (Å²) in [6.07, 6.45) is 1.76. The molecule has 44 heavy (non-hydrogen) atoms. The van der Waals surface area contributed by atoms with Crippen molar-refractivity contribution >= 4 is 62.5 Å². The van der Waals surface area contributed by atoms with Crippen LogP contribution in [0.2, 0.25) is 10.0 Å². The van der Waals surface area contributed by atoms with Gasteiger partial charge in [0.2, 0.25) is 0 Å². The van der Waals surface area contributed by atoms with Crippen molar-refractivity contribution in [3.05, 3.63) is 117 Å². The third-order valence-corrected chi connectivity index (χ3v) is 9.21. The molecule has 0 unspecified atom stereocenters. The van der Waals surface area contributed by atoms with Crippen LogP contribution in [0.4, 0.5) is 0 Å². The van der Waals surface area contributed by atoms with Crippen LogP contribution in [-0.2, 0) is 16.1 Å². The first-order valence-corrected chi connectivity index (χ1v) is 15.8. The monoisotopic (exact) mass is 716 g/mol. The number of thiazole rings is 1. The summed E-state index contributed by atoms with van der Waals surface area (Å²) in [6.45, 7) is 3.93. The van der Waals surface area contributed by atoms with E-state index in [9.17, 15) is 9.59 Å². The molecule has 0 amide bonds. The maximum atomic E-state index is 14.0. The molecule has 0 saturated heterocycles. The number of rotatable bonds is 9. The smallest absolute Gasteiger partial charge is 0.338 e. The van der Waals surface area contributed by atoms with Crippen LogP contribution in [0.25, 0.3) is 6.08 Å². The van der Waals surface area contributed by atoms with E-state index in [1.165, 1.54) is 15.9 Å². The van der Waals surface area contributed by atoms with E-state index in [2.05, 4.69) is 20.9 Å². The standard InChI is InChI=1S/C32H27BrCl2N2O6S/c1-5-42-31(39)28-17(2)36-32-37(29(28)20-8-11-24(40-3)21(33)15-20)30(38)27(44-32)14-18-7-10-25(26(13-18)41-4)43-16-19-6-9-22(34)23(35)12-19/h6-15,29H,5,16H2,1-4H3/b27-14+/t29-/m0/s1. The van der Waals surface area contributed by atoms with Gasteiger partial charge in [-0.2, -0.15) is 0 Å². The first kappa shape index (κ1) is 31.8. The maximum absolute atomic E-state index is 14.0. The van der Waals surface area contributed by atoms with Crippen molar-refractivity contribution < 1.29 is 23.7 Å². The summed E-state index contributed by atoms with van der Waals surface area (Å²) in [5, 5.41) is 0.918. The van der Waals surface area contributed by atoms with Crippen LogP contribution in [0.1, 0.15) is 36.6 Å². The molecule has 8 nitrogen and oxygen atoms in total. The molecule has 0 fully saturated rings. The second kappa shape index (κ2) is 13.6. The number of hydrogen-bond acceptors (Lipinski definition) is 8. The maximum Gasteiger partial charge on any atom is 0.338 e. The molecule has 1 aliphatic heterocycles. The molecule has 5 rings (SSSR count). The lowest BCUT2D eigenvalue weighted by molar-refractivity contribution is -0.139. The lowest BCUT2D eigenvalue weighted by atomic mass is 9.96. The zero-order valence-corrected chi connectivity index (χ0v) is 28.1. The fraction of sp³-hybridized carbons (Fsp3) is 0.219. The predicted octanol–water partition coefficient (Wildman–Crippen LogP) is 6.46.